The third-order valence-electron chi connectivity index (χ3n) is 5.44. The van der Waals surface area contributed by atoms with E-state index in [-0.39, 0.29) is 5.56 Å². The van der Waals surface area contributed by atoms with Crippen LogP contribution >= 0.6 is 0 Å². The summed E-state index contributed by atoms with van der Waals surface area (Å²) in [4.78, 5) is 14.6. The molecule has 2 aliphatic rings. The first-order chi connectivity index (χ1) is 12.2. The number of aromatic nitrogens is 1. The Bertz CT molecular complexity index is 830. The Morgan fingerprint density at radius 1 is 1.08 bits per heavy atom. The van der Waals surface area contributed by atoms with E-state index in [9.17, 15) is 4.79 Å². The second-order valence-electron chi connectivity index (χ2n) is 7.07. The summed E-state index contributed by atoms with van der Waals surface area (Å²) in [6.07, 6.45) is 1.18. The SMILES string of the molecule is COc1ccc(CN2C[C@@H]3C[C@@H](C2)c2cccc(=O)n2C3)c(OC)c1. The van der Waals surface area contributed by atoms with Crippen molar-refractivity contribution in [1.29, 1.82) is 0 Å². The molecule has 0 radical (unpaired) electrons. The molecule has 2 atom stereocenters. The summed E-state index contributed by atoms with van der Waals surface area (Å²) in [5.41, 5.74) is 2.50. The first-order valence-electron chi connectivity index (χ1n) is 8.81. The van der Waals surface area contributed by atoms with Gasteiger partial charge >= 0.3 is 0 Å². The van der Waals surface area contributed by atoms with E-state index in [0.717, 1.165) is 37.7 Å². The predicted octanol–water partition coefficient (Wildman–Crippen LogP) is 2.48. The van der Waals surface area contributed by atoms with Crippen LogP contribution in [-0.4, -0.2) is 36.8 Å². The number of hydrogen-bond acceptors (Lipinski definition) is 4. The number of nitrogens with zero attached hydrogens (tertiary/aromatic N) is 2. The molecule has 132 valence electrons. The minimum atomic E-state index is 0.137. The fourth-order valence-electron chi connectivity index (χ4n) is 4.35. The highest BCUT2D eigenvalue weighted by Gasteiger charge is 2.34. The Hall–Kier alpha value is -2.27. The van der Waals surface area contributed by atoms with Crippen LogP contribution in [0.25, 0.3) is 0 Å². The van der Waals surface area contributed by atoms with Crippen LogP contribution in [-0.2, 0) is 13.1 Å². The van der Waals surface area contributed by atoms with Crippen LogP contribution in [0.2, 0.25) is 0 Å². The molecule has 4 rings (SSSR count). The molecule has 0 spiro atoms. The number of methoxy groups -OCH3 is 2. The standard InChI is InChI=1S/C20H24N2O3/c1-24-17-7-6-15(19(9-17)25-2)12-21-10-14-8-16(13-21)18-4-3-5-20(23)22(18)11-14/h3-7,9,14,16H,8,10-13H2,1-2H3/t14-,16-/m0/s1. The first-order valence-corrected chi connectivity index (χ1v) is 8.81. The van der Waals surface area contributed by atoms with Crippen molar-refractivity contribution < 1.29 is 9.47 Å². The number of ether oxygens (including phenoxy) is 2. The molecule has 1 aromatic heterocycles. The summed E-state index contributed by atoms with van der Waals surface area (Å²) in [6.45, 7) is 3.70. The largest absolute Gasteiger partial charge is 0.497 e. The molecule has 5 nitrogen and oxygen atoms in total. The van der Waals surface area contributed by atoms with Gasteiger partial charge in [-0.3, -0.25) is 9.69 Å². The van der Waals surface area contributed by atoms with Crippen LogP contribution in [0.1, 0.15) is 23.6 Å². The molecule has 2 aliphatic heterocycles. The van der Waals surface area contributed by atoms with Gasteiger partial charge in [0.25, 0.3) is 5.56 Å². The highest BCUT2D eigenvalue weighted by Crippen LogP contribution is 2.36. The molecule has 1 saturated heterocycles. The van der Waals surface area contributed by atoms with Gasteiger partial charge in [-0.15, -0.1) is 0 Å². The second kappa shape index (κ2) is 6.56. The Morgan fingerprint density at radius 2 is 1.96 bits per heavy atom. The maximum absolute atomic E-state index is 12.1. The highest BCUT2D eigenvalue weighted by molar-refractivity contribution is 5.40. The van der Waals surface area contributed by atoms with Gasteiger partial charge in [0.05, 0.1) is 14.2 Å². The molecule has 2 bridgehead atoms. The average Bonchev–Trinajstić information content (AvgIpc) is 2.63. The number of pyridine rings is 1. The lowest BCUT2D eigenvalue weighted by Crippen LogP contribution is -2.46. The number of likely N-dealkylation sites (tertiary alicyclic amines) is 1. The zero-order valence-corrected chi connectivity index (χ0v) is 14.8. The molecule has 1 fully saturated rings. The third kappa shape index (κ3) is 3.04. The van der Waals surface area contributed by atoms with Gasteiger partial charge in [-0.05, 0) is 24.5 Å². The summed E-state index contributed by atoms with van der Waals surface area (Å²) in [5, 5.41) is 0. The maximum Gasteiger partial charge on any atom is 0.250 e. The van der Waals surface area contributed by atoms with E-state index in [4.69, 9.17) is 9.47 Å². The van der Waals surface area contributed by atoms with Crippen LogP contribution < -0.4 is 15.0 Å². The van der Waals surface area contributed by atoms with Gasteiger partial charge in [0.1, 0.15) is 11.5 Å². The number of benzene rings is 1. The highest BCUT2D eigenvalue weighted by atomic mass is 16.5. The Balaban J connectivity index is 1.56. The van der Waals surface area contributed by atoms with E-state index in [1.807, 2.05) is 22.8 Å². The van der Waals surface area contributed by atoms with Crippen LogP contribution in [0, 0.1) is 5.92 Å². The molecule has 0 amide bonds. The molecule has 0 N–H and O–H groups in total. The van der Waals surface area contributed by atoms with E-state index in [2.05, 4.69) is 17.0 Å². The topological polar surface area (TPSA) is 43.7 Å². The van der Waals surface area contributed by atoms with Gasteiger partial charge in [-0.2, -0.15) is 0 Å². The summed E-state index contributed by atoms with van der Waals surface area (Å²) in [5.74, 6) is 2.65. The molecular formula is C20H24N2O3. The number of fused-ring (bicyclic) bond motifs is 4. The molecule has 3 heterocycles. The van der Waals surface area contributed by atoms with Gasteiger partial charge in [0, 0.05) is 55.5 Å². The molecular weight excluding hydrogens is 316 g/mol. The van der Waals surface area contributed by atoms with Crippen molar-refractivity contribution >= 4 is 0 Å². The van der Waals surface area contributed by atoms with Crippen molar-refractivity contribution in [3.8, 4) is 11.5 Å². The predicted molar refractivity (Wildman–Crippen MR) is 96.4 cm³/mol. The van der Waals surface area contributed by atoms with E-state index >= 15 is 0 Å². The first kappa shape index (κ1) is 16.2. The summed E-state index contributed by atoms with van der Waals surface area (Å²) < 4.78 is 12.8. The third-order valence-corrected chi connectivity index (χ3v) is 5.44. The average molecular weight is 340 g/mol. The minimum Gasteiger partial charge on any atom is -0.497 e. The summed E-state index contributed by atoms with van der Waals surface area (Å²) >= 11 is 0. The lowest BCUT2D eigenvalue weighted by molar-refractivity contribution is 0.113. The van der Waals surface area contributed by atoms with Crippen molar-refractivity contribution in [3.63, 3.8) is 0 Å². The van der Waals surface area contributed by atoms with Crippen LogP contribution in [0.5, 0.6) is 11.5 Å². The van der Waals surface area contributed by atoms with Gasteiger partial charge in [-0.1, -0.05) is 12.1 Å². The van der Waals surface area contributed by atoms with E-state index in [1.54, 1.807) is 20.3 Å². The fraction of sp³-hybridized carbons (Fsp3) is 0.450. The van der Waals surface area contributed by atoms with Crippen LogP contribution in [0.3, 0.4) is 0 Å². The summed E-state index contributed by atoms with van der Waals surface area (Å²) in [7, 11) is 3.37. The Kier molecular flexibility index (Phi) is 4.25. The molecule has 25 heavy (non-hydrogen) atoms. The van der Waals surface area contributed by atoms with Crippen LogP contribution in [0.4, 0.5) is 0 Å². The van der Waals surface area contributed by atoms with Crippen molar-refractivity contribution in [2.24, 2.45) is 5.92 Å². The van der Waals surface area contributed by atoms with Gasteiger partial charge in [0.2, 0.25) is 0 Å². The molecule has 1 aromatic carbocycles. The second-order valence-corrected chi connectivity index (χ2v) is 7.07. The molecule has 0 unspecified atom stereocenters. The van der Waals surface area contributed by atoms with Gasteiger partial charge < -0.3 is 14.0 Å². The smallest absolute Gasteiger partial charge is 0.250 e. The Morgan fingerprint density at radius 3 is 2.76 bits per heavy atom. The van der Waals surface area contributed by atoms with Crippen LogP contribution in [0.15, 0.2) is 41.2 Å². The normalized spacial score (nSPS) is 22.3. The zero-order chi connectivity index (χ0) is 17.4. The van der Waals surface area contributed by atoms with Gasteiger partial charge in [0.15, 0.2) is 0 Å². The van der Waals surface area contributed by atoms with E-state index in [1.165, 1.54) is 17.7 Å². The van der Waals surface area contributed by atoms with E-state index in [0.29, 0.717) is 11.8 Å². The molecule has 5 heteroatoms. The zero-order valence-electron chi connectivity index (χ0n) is 14.8. The van der Waals surface area contributed by atoms with Crippen molar-refractivity contribution in [1.82, 2.24) is 9.47 Å². The van der Waals surface area contributed by atoms with Crippen molar-refractivity contribution in [3.05, 3.63) is 58.0 Å². The lowest BCUT2D eigenvalue weighted by Gasteiger charge is -2.42. The molecule has 2 aromatic rings. The van der Waals surface area contributed by atoms with Crippen molar-refractivity contribution in [2.45, 2.75) is 25.4 Å². The minimum absolute atomic E-state index is 0.137. The number of rotatable bonds is 4. The Labute approximate surface area is 147 Å². The van der Waals surface area contributed by atoms with Gasteiger partial charge in [-0.25, -0.2) is 0 Å². The van der Waals surface area contributed by atoms with Crippen molar-refractivity contribution in [2.75, 3.05) is 27.3 Å². The molecule has 0 aliphatic carbocycles. The number of hydrogen-bond donors (Lipinski definition) is 0. The quantitative estimate of drug-likeness (QED) is 0.858. The fourth-order valence-corrected chi connectivity index (χ4v) is 4.35. The summed E-state index contributed by atoms with van der Waals surface area (Å²) in [6, 6.07) is 11.7. The monoisotopic (exact) mass is 340 g/mol. The molecule has 0 saturated carbocycles. The maximum atomic E-state index is 12.1. The number of piperidine rings is 1. The van der Waals surface area contributed by atoms with E-state index < -0.39 is 0 Å². The lowest BCUT2D eigenvalue weighted by atomic mass is 9.83.